The number of carboxylic acid groups (broad SMARTS) is 2. The number of hydrogen-bond acceptors (Lipinski definition) is 8. The van der Waals surface area contributed by atoms with Crippen LogP contribution in [0.15, 0.2) is 43.1 Å². The van der Waals surface area contributed by atoms with E-state index in [1.807, 2.05) is 24.5 Å². The lowest BCUT2D eigenvalue weighted by Crippen LogP contribution is -2.34. The SMILES string of the molecule is O=C(NC[C@@H]1CO[C@@H]2CN(Cc3ccncc3)C[C@H]12)c1cnccn1.O=C(O)C(F)(F)F.O=C(O)C(F)(F)F. The summed E-state index contributed by atoms with van der Waals surface area (Å²) in [6.07, 6.45) is -1.68. The van der Waals surface area contributed by atoms with Crippen LogP contribution in [0.4, 0.5) is 26.3 Å². The Hall–Kier alpha value is -3.86. The van der Waals surface area contributed by atoms with Crippen LogP contribution in [0.1, 0.15) is 16.1 Å². The lowest BCUT2D eigenvalue weighted by atomic mass is 9.93. The van der Waals surface area contributed by atoms with Gasteiger partial charge in [-0.05, 0) is 17.7 Å². The van der Waals surface area contributed by atoms with Crippen LogP contribution < -0.4 is 5.32 Å². The van der Waals surface area contributed by atoms with Gasteiger partial charge in [-0.2, -0.15) is 26.3 Å². The molecule has 2 saturated heterocycles. The molecule has 0 spiro atoms. The van der Waals surface area contributed by atoms with Crippen molar-refractivity contribution in [3.8, 4) is 0 Å². The molecule has 2 aromatic heterocycles. The number of alkyl halides is 6. The van der Waals surface area contributed by atoms with Gasteiger partial charge in [-0.25, -0.2) is 14.6 Å². The quantitative estimate of drug-likeness (QED) is 0.457. The van der Waals surface area contributed by atoms with Gasteiger partial charge in [-0.15, -0.1) is 0 Å². The molecule has 3 N–H and O–H groups in total. The standard InChI is InChI=1S/C18H21N5O2.2C2HF3O2/c24-18(16-8-20-5-6-21-16)22-7-14-12-25-17-11-23(10-15(14)17)9-13-1-3-19-4-2-13;2*3-2(4,5)1(6)7/h1-6,8,14-15,17H,7,9-12H2,(H,22,24);2*(H,6,7)/t14-,15-,17-;;/m1../s1. The van der Waals surface area contributed by atoms with E-state index in [0.29, 0.717) is 30.7 Å². The summed E-state index contributed by atoms with van der Waals surface area (Å²) in [4.78, 5) is 44.4. The van der Waals surface area contributed by atoms with E-state index in [-0.39, 0.29) is 12.0 Å². The van der Waals surface area contributed by atoms with Gasteiger partial charge in [0.15, 0.2) is 0 Å². The first-order valence-electron chi connectivity index (χ1n) is 11.1. The number of fused-ring (bicyclic) bond motifs is 1. The van der Waals surface area contributed by atoms with Crippen molar-refractivity contribution in [1.82, 2.24) is 25.2 Å². The third-order valence-electron chi connectivity index (χ3n) is 5.48. The number of halogens is 6. The van der Waals surface area contributed by atoms with Gasteiger partial charge in [-0.1, -0.05) is 0 Å². The van der Waals surface area contributed by atoms with E-state index in [1.54, 1.807) is 6.20 Å². The average Bonchev–Trinajstić information content (AvgIpc) is 3.43. The van der Waals surface area contributed by atoms with Crippen LogP contribution in [0.5, 0.6) is 0 Å². The van der Waals surface area contributed by atoms with Gasteiger partial charge in [0.05, 0.1) is 18.9 Å². The molecule has 4 heterocycles. The highest BCUT2D eigenvalue weighted by molar-refractivity contribution is 5.91. The normalized spacial score (nSPS) is 20.5. The van der Waals surface area contributed by atoms with Crippen LogP contribution in [0.25, 0.3) is 0 Å². The molecule has 0 saturated carbocycles. The molecular weight excluding hydrogens is 544 g/mol. The van der Waals surface area contributed by atoms with Crippen molar-refractivity contribution in [3.05, 3.63) is 54.4 Å². The number of carbonyl (C=O) groups is 3. The van der Waals surface area contributed by atoms with Crippen molar-refractivity contribution in [1.29, 1.82) is 0 Å². The molecule has 0 aromatic carbocycles. The number of aromatic nitrogens is 3. The monoisotopic (exact) mass is 567 g/mol. The number of ether oxygens (including phenoxy) is 1. The molecular formula is C22H23F6N5O6. The fourth-order valence-electron chi connectivity index (χ4n) is 3.70. The number of amides is 1. The maximum Gasteiger partial charge on any atom is 0.490 e. The highest BCUT2D eigenvalue weighted by Crippen LogP contribution is 2.34. The molecule has 0 bridgehead atoms. The second-order valence-corrected chi connectivity index (χ2v) is 8.25. The summed E-state index contributed by atoms with van der Waals surface area (Å²) < 4.78 is 69.4. The van der Waals surface area contributed by atoms with Crippen molar-refractivity contribution in [2.75, 3.05) is 26.2 Å². The fraction of sp³-hybridized carbons (Fsp3) is 0.455. The van der Waals surface area contributed by atoms with Crippen molar-refractivity contribution in [3.63, 3.8) is 0 Å². The van der Waals surface area contributed by atoms with Gasteiger partial charge in [-0.3, -0.25) is 19.7 Å². The number of rotatable bonds is 5. The lowest BCUT2D eigenvalue weighted by Gasteiger charge is -2.20. The Bertz CT molecular complexity index is 1070. The Kier molecular flexibility index (Phi) is 11.1. The molecule has 2 fully saturated rings. The number of nitrogens with zero attached hydrogens (tertiary/aromatic N) is 4. The zero-order chi connectivity index (χ0) is 29.2. The van der Waals surface area contributed by atoms with Gasteiger partial charge >= 0.3 is 24.3 Å². The molecule has 17 heteroatoms. The second kappa shape index (κ2) is 13.8. The molecule has 39 heavy (non-hydrogen) atoms. The summed E-state index contributed by atoms with van der Waals surface area (Å²) in [6, 6.07) is 4.10. The van der Waals surface area contributed by atoms with E-state index in [4.69, 9.17) is 24.5 Å². The van der Waals surface area contributed by atoms with E-state index in [9.17, 15) is 31.1 Å². The van der Waals surface area contributed by atoms with Crippen LogP contribution in [-0.2, 0) is 20.9 Å². The first-order valence-corrected chi connectivity index (χ1v) is 11.1. The summed E-state index contributed by atoms with van der Waals surface area (Å²) in [5, 5.41) is 17.2. The predicted octanol–water partition coefficient (Wildman–Crippen LogP) is 2.01. The minimum absolute atomic E-state index is 0.178. The summed E-state index contributed by atoms with van der Waals surface area (Å²) in [5.41, 5.74) is 1.62. The Morgan fingerprint density at radius 3 is 2.05 bits per heavy atom. The topological polar surface area (TPSA) is 155 Å². The van der Waals surface area contributed by atoms with Crippen LogP contribution in [0.2, 0.25) is 0 Å². The molecule has 214 valence electrons. The molecule has 1 amide bonds. The molecule has 4 rings (SSSR count). The van der Waals surface area contributed by atoms with Crippen molar-refractivity contribution < 1.29 is 55.7 Å². The molecule has 0 aliphatic carbocycles. The third-order valence-corrected chi connectivity index (χ3v) is 5.48. The smallest absolute Gasteiger partial charge is 0.475 e. The number of hydrogen-bond donors (Lipinski definition) is 3. The van der Waals surface area contributed by atoms with E-state index in [1.165, 1.54) is 18.0 Å². The maximum absolute atomic E-state index is 12.1. The minimum Gasteiger partial charge on any atom is -0.475 e. The highest BCUT2D eigenvalue weighted by atomic mass is 19.4. The largest absolute Gasteiger partial charge is 0.490 e. The first kappa shape index (κ1) is 31.4. The number of carbonyl (C=O) groups excluding carboxylic acids is 1. The number of likely N-dealkylation sites (tertiary alicyclic amines) is 1. The van der Waals surface area contributed by atoms with Gasteiger partial charge in [0, 0.05) is 62.8 Å². The fourth-order valence-corrected chi connectivity index (χ4v) is 3.70. The van der Waals surface area contributed by atoms with Gasteiger partial charge in [0.1, 0.15) is 5.69 Å². The molecule has 0 radical (unpaired) electrons. The minimum atomic E-state index is -5.08. The number of aliphatic carboxylic acids is 2. The van der Waals surface area contributed by atoms with Gasteiger partial charge in [0.25, 0.3) is 5.91 Å². The molecule has 3 atom stereocenters. The Labute approximate surface area is 216 Å². The Morgan fingerprint density at radius 2 is 1.54 bits per heavy atom. The number of carboxylic acids is 2. The van der Waals surface area contributed by atoms with E-state index >= 15 is 0 Å². The maximum atomic E-state index is 12.1. The lowest BCUT2D eigenvalue weighted by molar-refractivity contribution is -0.193. The number of nitrogens with one attached hydrogen (secondary N) is 1. The van der Waals surface area contributed by atoms with E-state index in [2.05, 4.69) is 25.2 Å². The number of pyridine rings is 1. The van der Waals surface area contributed by atoms with Gasteiger partial charge < -0.3 is 20.3 Å². The van der Waals surface area contributed by atoms with E-state index < -0.39 is 24.3 Å². The van der Waals surface area contributed by atoms with Crippen LogP contribution >= 0.6 is 0 Å². The Morgan fingerprint density at radius 1 is 0.949 bits per heavy atom. The highest BCUT2D eigenvalue weighted by Gasteiger charge is 2.43. The third kappa shape index (κ3) is 10.4. The summed E-state index contributed by atoms with van der Waals surface area (Å²) >= 11 is 0. The van der Waals surface area contributed by atoms with Crippen molar-refractivity contribution in [2.45, 2.75) is 25.0 Å². The summed E-state index contributed by atoms with van der Waals surface area (Å²) in [5.74, 6) is -4.89. The predicted molar refractivity (Wildman–Crippen MR) is 118 cm³/mol. The molecule has 0 unspecified atom stereocenters. The molecule has 11 nitrogen and oxygen atoms in total. The van der Waals surface area contributed by atoms with E-state index in [0.717, 1.165) is 19.6 Å². The van der Waals surface area contributed by atoms with Crippen LogP contribution in [-0.4, -0.2) is 92.6 Å². The molecule has 2 aromatic rings. The zero-order valence-electron chi connectivity index (χ0n) is 19.9. The molecule has 2 aliphatic heterocycles. The average molecular weight is 567 g/mol. The molecule has 2 aliphatic rings. The van der Waals surface area contributed by atoms with Crippen molar-refractivity contribution >= 4 is 17.8 Å². The van der Waals surface area contributed by atoms with Gasteiger partial charge in [0.2, 0.25) is 0 Å². The second-order valence-electron chi connectivity index (χ2n) is 8.25. The summed E-state index contributed by atoms with van der Waals surface area (Å²) in [6.45, 7) is 4.18. The zero-order valence-corrected chi connectivity index (χ0v) is 19.9. The van der Waals surface area contributed by atoms with Crippen molar-refractivity contribution in [2.24, 2.45) is 11.8 Å². The van der Waals surface area contributed by atoms with Crippen LogP contribution in [0, 0.1) is 11.8 Å². The Balaban J connectivity index is 0.000000317. The first-order chi connectivity index (χ1) is 18.2. The summed E-state index contributed by atoms with van der Waals surface area (Å²) in [7, 11) is 0. The van der Waals surface area contributed by atoms with Crippen LogP contribution in [0.3, 0.4) is 0 Å².